The molecular weight excluding hydrogens is 442 g/mol. The number of piperazine rings is 1. The smallest absolute Gasteiger partial charge is 0.272 e. The Bertz CT molecular complexity index is 1190. The number of piperidine rings is 1. The van der Waals surface area contributed by atoms with Crippen molar-refractivity contribution in [2.45, 2.75) is 26.2 Å². The van der Waals surface area contributed by atoms with Gasteiger partial charge in [0.05, 0.1) is 12.8 Å². The van der Waals surface area contributed by atoms with Gasteiger partial charge in [0.25, 0.3) is 5.91 Å². The number of aryl methyl sites for hydroxylation is 2. The minimum Gasteiger partial charge on any atom is -0.497 e. The number of nitrogens with zero attached hydrogens (tertiary/aromatic N) is 7. The average molecular weight is 476 g/mol. The SMILES string of the molecule is COc1cccc(-c2cc(C(=O)N3CCN(c4cc(C)nc(N5CCCCC5)n4)CC3)n(C)n2)c1. The lowest BCUT2D eigenvalue weighted by Gasteiger charge is -2.36. The molecule has 0 bridgehead atoms. The zero-order valence-electron chi connectivity index (χ0n) is 20.8. The van der Waals surface area contributed by atoms with Crippen molar-refractivity contribution in [2.24, 2.45) is 7.05 Å². The van der Waals surface area contributed by atoms with Crippen molar-refractivity contribution in [3.63, 3.8) is 0 Å². The number of methoxy groups -OCH3 is 1. The molecule has 9 heteroatoms. The third-order valence-electron chi connectivity index (χ3n) is 6.82. The van der Waals surface area contributed by atoms with Gasteiger partial charge in [0.1, 0.15) is 17.3 Å². The third-order valence-corrected chi connectivity index (χ3v) is 6.82. The van der Waals surface area contributed by atoms with Gasteiger partial charge in [-0.2, -0.15) is 10.1 Å². The van der Waals surface area contributed by atoms with Crippen LogP contribution in [0.1, 0.15) is 35.4 Å². The summed E-state index contributed by atoms with van der Waals surface area (Å²) in [6, 6.07) is 11.6. The minimum atomic E-state index is 0.00155. The van der Waals surface area contributed by atoms with Gasteiger partial charge in [0, 0.05) is 63.6 Å². The van der Waals surface area contributed by atoms with E-state index in [0.717, 1.165) is 60.6 Å². The molecule has 0 radical (unpaired) electrons. The van der Waals surface area contributed by atoms with Gasteiger partial charge in [0.2, 0.25) is 5.95 Å². The number of benzene rings is 1. The highest BCUT2D eigenvalue weighted by Crippen LogP contribution is 2.25. The molecule has 2 aliphatic heterocycles. The summed E-state index contributed by atoms with van der Waals surface area (Å²) >= 11 is 0. The first kappa shape index (κ1) is 23.1. The summed E-state index contributed by atoms with van der Waals surface area (Å²) in [6.45, 7) is 6.83. The molecule has 0 N–H and O–H groups in total. The van der Waals surface area contributed by atoms with Crippen molar-refractivity contribution in [3.8, 4) is 17.0 Å². The number of rotatable bonds is 5. The zero-order valence-corrected chi connectivity index (χ0v) is 20.8. The highest BCUT2D eigenvalue weighted by Gasteiger charge is 2.26. The molecule has 0 spiro atoms. The van der Waals surface area contributed by atoms with Gasteiger partial charge in [-0.15, -0.1) is 0 Å². The van der Waals surface area contributed by atoms with E-state index in [9.17, 15) is 4.79 Å². The highest BCUT2D eigenvalue weighted by atomic mass is 16.5. The predicted molar refractivity (Wildman–Crippen MR) is 136 cm³/mol. The number of hydrogen-bond donors (Lipinski definition) is 0. The summed E-state index contributed by atoms with van der Waals surface area (Å²) < 4.78 is 6.99. The first-order valence-corrected chi connectivity index (χ1v) is 12.3. The van der Waals surface area contributed by atoms with Gasteiger partial charge in [-0.1, -0.05) is 12.1 Å². The lowest BCUT2D eigenvalue weighted by atomic mass is 10.1. The van der Waals surface area contributed by atoms with Gasteiger partial charge >= 0.3 is 0 Å². The van der Waals surface area contributed by atoms with Gasteiger partial charge in [0.15, 0.2) is 0 Å². The van der Waals surface area contributed by atoms with Crippen molar-refractivity contribution in [1.29, 1.82) is 0 Å². The highest BCUT2D eigenvalue weighted by molar-refractivity contribution is 5.94. The van der Waals surface area contributed by atoms with Crippen LogP contribution in [-0.2, 0) is 7.05 Å². The topological polar surface area (TPSA) is 79.6 Å². The molecule has 2 fully saturated rings. The summed E-state index contributed by atoms with van der Waals surface area (Å²) in [4.78, 5) is 29.4. The van der Waals surface area contributed by atoms with Crippen LogP contribution in [0.5, 0.6) is 5.75 Å². The molecule has 35 heavy (non-hydrogen) atoms. The van der Waals surface area contributed by atoms with Gasteiger partial charge in [-0.05, 0) is 44.4 Å². The first-order chi connectivity index (χ1) is 17.0. The molecule has 2 aliphatic rings. The third kappa shape index (κ3) is 4.94. The monoisotopic (exact) mass is 475 g/mol. The van der Waals surface area contributed by atoms with E-state index in [-0.39, 0.29) is 5.91 Å². The Morgan fingerprint density at radius 3 is 2.43 bits per heavy atom. The minimum absolute atomic E-state index is 0.00155. The number of carbonyl (C=O) groups excluding carboxylic acids is 1. The normalized spacial score (nSPS) is 16.5. The average Bonchev–Trinajstić information content (AvgIpc) is 3.30. The maximum Gasteiger partial charge on any atom is 0.272 e. The number of anilines is 2. The fourth-order valence-corrected chi connectivity index (χ4v) is 4.83. The molecule has 1 aromatic carbocycles. The second-order valence-electron chi connectivity index (χ2n) is 9.26. The first-order valence-electron chi connectivity index (χ1n) is 12.3. The van der Waals surface area contributed by atoms with E-state index in [0.29, 0.717) is 18.8 Å². The van der Waals surface area contributed by atoms with Crippen LogP contribution in [0.15, 0.2) is 36.4 Å². The fourth-order valence-electron chi connectivity index (χ4n) is 4.83. The molecule has 0 atom stereocenters. The molecule has 9 nitrogen and oxygen atoms in total. The number of hydrogen-bond acceptors (Lipinski definition) is 7. The second-order valence-corrected chi connectivity index (χ2v) is 9.26. The van der Waals surface area contributed by atoms with Gasteiger partial charge in [-0.3, -0.25) is 9.48 Å². The van der Waals surface area contributed by atoms with E-state index in [1.165, 1.54) is 19.3 Å². The standard InChI is InChI=1S/C26H33N7O2/c1-19-16-24(28-26(27-19)33-10-5-4-6-11-33)31-12-14-32(15-13-31)25(34)23-18-22(29-30(23)2)20-8-7-9-21(17-20)35-3/h7-9,16-18H,4-6,10-15H2,1-3H3. The van der Waals surface area contributed by atoms with Crippen molar-refractivity contribution in [1.82, 2.24) is 24.6 Å². The largest absolute Gasteiger partial charge is 0.497 e. The van der Waals surface area contributed by atoms with Crippen LogP contribution in [0.25, 0.3) is 11.3 Å². The lowest BCUT2D eigenvalue weighted by Crippen LogP contribution is -2.49. The van der Waals surface area contributed by atoms with E-state index in [1.807, 2.05) is 55.3 Å². The van der Waals surface area contributed by atoms with Crippen LogP contribution < -0.4 is 14.5 Å². The Morgan fingerprint density at radius 2 is 1.69 bits per heavy atom. The molecule has 184 valence electrons. The molecule has 5 rings (SSSR count). The van der Waals surface area contributed by atoms with Crippen LogP contribution in [-0.4, -0.2) is 76.9 Å². The quantitative estimate of drug-likeness (QED) is 0.561. The van der Waals surface area contributed by atoms with Gasteiger partial charge in [-0.25, -0.2) is 4.98 Å². The summed E-state index contributed by atoms with van der Waals surface area (Å²) in [7, 11) is 3.46. The van der Waals surface area contributed by atoms with Crippen molar-refractivity contribution < 1.29 is 9.53 Å². The Morgan fingerprint density at radius 1 is 0.914 bits per heavy atom. The molecule has 0 unspecified atom stereocenters. The Hall–Kier alpha value is -3.62. The van der Waals surface area contributed by atoms with E-state index in [2.05, 4.69) is 19.9 Å². The van der Waals surface area contributed by atoms with Crippen molar-refractivity contribution in [2.75, 3.05) is 56.2 Å². The number of ether oxygens (including phenoxy) is 1. The van der Waals surface area contributed by atoms with E-state index in [1.54, 1.807) is 11.8 Å². The number of amides is 1. The van der Waals surface area contributed by atoms with Crippen LogP contribution >= 0.6 is 0 Å². The lowest BCUT2D eigenvalue weighted by molar-refractivity contribution is 0.0735. The molecule has 4 heterocycles. The Balaban J connectivity index is 1.27. The molecule has 0 saturated carbocycles. The van der Waals surface area contributed by atoms with E-state index >= 15 is 0 Å². The number of aromatic nitrogens is 4. The molecule has 2 aromatic heterocycles. The van der Waals surface area contributed by atoms with Gasteiger partial charge < -0.3 is 19.4 Å². The second kappa shape index (κ2) is 9.93. The zero-order chi connectivity index (χ0) is 24.4. The molecule has 3 aromatic rings. The summed E-state index contributed by atoms with van der Waals surface area (Å²) in [5.41, 5.74) is 3.25. The molecule has 2 saturated heterocycles. The van der Waals surface area contributed by atoms with Crippen LogP contribution in [0.2, 0.25) is 0 Å². The summed E-state index contributed by atoms with van der Waals surface area (Å²) in [6.07, 6.45) is 3.67. The van der Waals surface area contributed by atoms with Crippen LogP contribution in [0, 0.1) is 6.92 Å². The molecular formula is C26H33N7O2. The van der Waals surface area contributed by atoms with Crippen molar-refractivity contribution in [3.05, 3.63) is 47.8 Å². The van der Waals surface area contributed by atoms with E-state index < -0.39 is 0 Å². The maximum atomic E-state index is 13.3. The van der Waals surface area contributed by atoms with Crippen LogP contribution in [0.3, 0.4) is 0 Å². The summed E-state index contributed by atoms with van der Waals surface area (Å²) in [5, 5.41) is 4.58. The summed E-state index contributed by atoms with van der Waals surface area (Å²) in [5.74, 6) is 2.55. The predicted octanol–water partition coefficient (Wildman–Crippen LogP) is 3.15. The number of carbonyl (C=O) groups is 1. The van der Waals surface area contributed by atoms with Crippen LogP contribution in [0.4, 0.5) is 11.8 Å². The Labute approximate surface area is 206 Å². The molecule has 0 aliphatic carbocycles. The molecule has 1 amide bonds. The maximum absolute atomic E-state index is 13.3. The van der Waals surface area contributed by atoms with E-state index in [4.69, 9.17) is 9.72 Å². The fraction of sp³-hybridized carbons (Fsp3) is 0.462. The Kier molecular flexibility index (Phi) is 6.57. The van der Waals surface area contributed by atoms with Crippen molar-refractivity contribution >= 4 is 17.7 Å².